The lowest BCUT2D eigenvalue weighted by atomic mass is 10.2. The number of carbonyl (C=O) groups is 1. The van der Waals surface area contributed by atoms with Crippen molar-refractivity contribution in [3.05, 3.63) is 18.0 Å². The second kappa shape index (κ2) is 2.02. The number of carbonyl (C=O) groups excluding carboxylic acids is 1. The van der Waals surface area contributed by atoms with Crippen molar-refractivity contribution in [3.8, 4) is 0 Å². The van der Waals surface area contributed by atoms with E-state index in [-0.39, 0.29) is 6.03 Å². The number of aromatic nitrogens is 1. The molecule has 0 aromatic carbocycles. The highest BCUT2D eigenvalue weighted by atomic mass is 16.2. The van der Waals surface area contributed by atoms with Gasteiger partial charge in [-0.25, -0.2) is 4.79 Å². The molecule has 0 atom stereocenters. The average molecular weight is 151 g/mol. The monoisotopic (exact) mass is 151 g/mol. The summed E-state index contributed by atoms with van der Waals surface area (Å²) in [5.41, 5.74) is 7.26. The largest absolute Gasteiger partial charge is 0.397 e. The number of nitrogens with zero attached hydrogens (tertiary/aromatic N) is 1. The summed E-state index contributed by atoms with van der Waals surface area (Å²) in [7, 11) is 0. The molecule has 0 radical (unpaired) electrons. The van der Waals surface area contributed by atoms with Gasteiger partial charge in [0.2, 0.25) is 0 Å². The first-order valence-electron chi connectivity index (χ1n) is 3.53. The molecule has 4 nitrogen and oxygen atoms in total. The van der Waals surface area contributed by atoms with Gasteiger partial charge in [-0.1, -0.05) is 0 Å². The lowest BCUT2D eigenvalue weighted by Gasteiger charge is -2.15. The van der Waals surface area contributed by atoms with Gasteiger partial charge in [0.05, 0.1) is 11.4 Å². The van der Waals surface area contributed by atoms with E-state index in [1.807, 2.05) is 0 Å². The number of rotatable bonds is 0. The van der Waals surface area contributed by atoms with E-state index in [4.69, 9.17) is 5.73 Å². The van der Waals surface area contributed by atoms with Crippen LogP contribution in [0, 0.1) is 0 Å². The summed E-state index contributed by atoms with van der Waals surface area (Å²) in [5.74, 6) is 0. The Kier molecular flexibility index (Phi) is 1.15. The van der Waals surface area contributed by atoms with Gasteiger partial charge in [-0.3, -0.25) is 4.57 Å². The first-order valence-corrected chi connectivity index (χ1v) is 3.53. The normalized spacial score (nSPS) is 15.8. The van der Waals surface area contributed by atoms with E-state index in [1.165, 1.54) is 0 Å². The number of anilines is 1. The zero-order valence-corrected chi connectivity index (χ0v) is 6.00. The summed E-state index contributed by atoms with van der Waals surface area (Å²) in [6, 6.07) is 1.67. The zero-order chi connectivity index (χ0) is 7.84. The number of hydrogen-bond acceptors (Lipinski definition) is 2. The van der Waals surface area contributed by atoms with Crippen LogP contribution in [0.4, 0.5) is 10.5 Å². The molecule has 2 rings (SSSR count). The first kappa shape index (κ1) is 6.27. The standard InChI is InChI=1S/C7H9N3O/c8-5-2-4-10-6(5)1-3-9-7(10)11/h2,4H,1,3,8H2,(H,9,11). The van der Waals surface area contributed by atoms with Crippen LogP contribution in [0.1, 0.15) is 5.69 Å². The number of amides is 1. The van der Waals surface area contributed by atoms with Gasteiger partial charge < -0.3 is 11.1 Å². The molecule has 1 aliphatic rings. The summed E-state index contributed by atoms with van der Waals surface area (Å²) < 4.78 is 1.55. The predicted octanol–water partition coefficient (Wildman–Crippen LogP) is 0.184. The highest BCUT2D eigenvalue weighted by Gasteiger charge is 2.16. The van der Waals surface area contributed by atoms with Crippen LogP contribution >= 0.6 is 0 Å². The van der Waals surface area contributed by atoms with E-state index >= 15 is 0 Å². The highest BCUT2D eigenvalue weighted by molar-refractivity contribution is 5.80. The number of nitrogen functional groups attached to an aromatic ring is 1. The van der Waals surface area contributed by atoms with E-state index in [1.54, 1.807) is 16.8 Å². The predicted molar refractivity (Wildman–Crippen MR) is 41.3 cm³/mol. The Balaban J connectivity index is 2.55. The second-order valence-electron chi connectivity index (χ2n) is 2.57. The van der Waals surface area contributed by atoms with Gasteiger partial charge in [-0.15, -0.1) is 0 Å². The molecule has 0 aliphatic carbocycles. The fraction of sp³-hybridized carbons (Fsp3) is 0.286. The minimum absolute atomic E-state index is 0.0806. The Morgan fingerprint density at radius 3 is 3.18 bits per heavy atom. The SMILES string of the molecule is Nc1ccn2c1CCNC2=O. The van der Waals surface area contributed by atoms with E-state index in [2.05, 4.69) is 5.32 Å². The van der Waals surface area contributed by atoms with Crippen LogP contribution in [0.25, 0.3) is 0 Å². The van der Waals surface area contributed by atoms with Gasteiger partial charge >= 0.3 is 6.03 Å². The fourth-order valence-electron chi connectivity index (χ4n) is 1.31. The summed E-state index contributed by atoms with van der Waals surface area (Å²) >= 11 is 0. The molecule has 3 N–H and O–H groups in total. The van der Waals surface area contributed by atoms with Crippen molar-refractivity contribution in [3.63, 3.8) is 0 Å². The van der Waals surface area contributed by atoms with Crippen LogP contribution in [0.3, 0.4) is 0 Å². The number of hydrogen-bond donors (Lipinski definition) is 2. The van der Waals surface area contributed by atoms with Crippen molar-refractivity contribution in [1.29, 1.82) is 0 Å². The van der Waals surface area contributed by atoms with Crippen molar-refractivity contribution in [2.24, 2.45) is 0 Å². The molecular weight excluding hydrogens is 142 g/mol. The molecule has 0 bridgehead atoms. The number of nitrogens with one attached hydrogen (secondary N) is 1. The van der Waals surface area contributed by atoms with Gasteiger partial charge in [0, 0.05) is 19.2 Å². The maximum Gasteiger partial charge on any atom is 0.325 e. The Bertz CT molecular complexity index is 303. The molecular formula is C7H9N3O. The molecule has 0 spiro atoms. The van der Waals surface area contributed by atoms with Crippen LogP contribution in [0.15, 0.2) is 12.3 Å². The molecule has 11 heavy (non-hydrogen) atoms. The van der Waals surface area contributed by atoms with Gasteiger partial charge in [0.25, 0.3) is 0 Å². The molecule has 58 valence electrons. The first-order chi connectivity index (χ1) is 5.29. The Morgan fingerprint density at radius 2 is 2.45 bits per heavy atom. The average Bonchev–Trinajstić information content (AvgIpc) is 2.35. The highest BCUT2D eigenvalue weighted by Crippen LogP contribution is 2.15. The van der Waals surface area contributed by atoms with E-state index in [0.29, 0.717) is 12.2 Å². The maximum absolute atomic E-state index is 11.1. The molecule has 0 unspecified atom stereocenters. The fourth-order valence-corrected chi connectivity index (χ4v) is 1.31. The minimum Gasteiger partial charge on any atom is -0.397 e. The van der Waals surface area contributed by atoms with Crippen LogP contribution in [-0.4, -0.2) is 17.1 Å². The van der Waals surface area contributed by atoms with Crippen LogP contribution in [-0.2, 0) is 6.42 Å². The van der Waals surface area contributed by atoms with Gasteiger partial charge in [-0.2, -0.15) is 0 Å². The van der Waals surface area contributed by atoms with E-state index in [0.717, 1.165) is 12.1 Å². The number of fused-ring (bicyclic) bond motifs is 1. The van der Waals surface area contributed by atoms with Crippen LogP contribution in [0.2, 0.25) is 0 Å². The van der Waals surface area contributed by atoms with E-state index in [9.17, 15) is 4.79 Å². The van der Waals surface area contributed by atoms with Crippen molar-refractivity contribution in [1.82, 2.24) is 9.88 Å². The van der Waals surface area contributed by atoms with Crippen molar-refractivity contribution < 1.29 is 4.79 Å². The zero-order valence-electron chi connectivity index (χ0n) is 6.00. The minimum atomic E-state index is -0.0806. The van der Waals surface area contributed by atoms with Crippen molar-refractivity contribution >= 4 is 11.7 Å². The topological polar surface area (TPSA) is 60.0 Å². The second-order valence-corrected chi connectivity index (χ2v) is 2.57. The maximum atomic E-state index is 11.1. The molecule has 1 amide bonds. The molecule has 0 saturated heterocycles. The van der Waals surface area contributed by atoms with Crippen molar-refractivity contribution in [2.45, 2.75) is 6.42 Å². The molecule has 1 aromatic rings. The molecule has 2 heterocycles. The Hall–Kier alpha value is -1.45. The van der Waals surface area contributed by atoms with Crippen LogP contribution in [0.5, 0.6) is 0 Å². The third-order valence-corrected chi connectivity index (χ3v) is 1.88. The third-order valence-electron chi connectivity index (χ3n) is 1.88. The number of nitrogens with two attached hydrogens (primary N) is 1. The third kappa shape index (κ3) is 0.790. The quantitative estimate of drug-likeness (QED) is 0.555. The Labute approximate surface area is 64.0 Å². The summed E-state index contributed by atoms with van der Waals surface area (Å²) in [4.78, 5) is 11.1. The van der Waals surface area contributed by atoms with Gasteiger partial charge in [0.15, 0.2) is 0 Å². The van der Waals surface area contributed by atoms with Gasteiger partial charge in [-0.05, 0) is 6.07 Å². The van der Waals surface area contributed by atoms with E-state index < -0.39 is 0 Å². The molecule has 0 saturated carbocycles. The Morgan fingerprint density at radius 1 is 1.64 bits per heavy atom. The summed E-state index contributed by atoms with van der Waals surface area (Å²) in [5, 5.41) is 2.72. The van der Waals surface area contributed by atoms with Gasteiger partial charge in [0.1, 0.15) is 0 Å². The lowest BCUT2D eigenvalue weighted by molar-refractivity contribution is 0.239. The molecule has 0 fully saturated rings. The van der Waals surface area contributed by atoms with Crippen molar-refractivity contribution in [2.75, 3.05) is 12.3 Å². The molecule has 1 aliphatic heterocycles. The summed E-state index contributed by atoms with van der Waals surface area (Å²) in [6.07, 6.45) is 2.52. The summed E-state index contributed by atoms with van der Waals surface area (Å²) in [6.45, 7) is 0.688. The smallest absolute Gasteiger partial charge is 0.325 e. The molecule has 1 aromatic heterocycles. The van der Waals surface area contributed by atoms with Crippen LogP contribution < -0.4 is 11.1 Å². The lowest BCUT2D eigenvalue weighted by Crippen LogP contribution is -2.36. The molecule has 4 heteroatoms.